The van der Waals surface area contributed by atoms with Crippen molar-refractivity contribution in [2.45, 2.75) is 65.2 Å². The molecule has 148 valence electrons. The third-order valence-corrected chi connectivity index (χ3v) is 4.04. The van der Waals surface area contributed by atoms with Crippen LogP contribution in [0.1, 0.15) is 75.6 Å². The zero-order chi connectivity index (χ0) is 20.2. The van der Waals surface area contributed by atoms with E-state index in [2.05, 4.69) is 6.92 Å². The second-order valence-electron chi connectivity index (χ2n) is 6.57. The fraction of sp³-hybridized carbons (Fsp3) is 0.550. The van der Waals surface area contributed by atoms with E-state index in [9.17, 15) is 24.5 Å². The maximum absolute atomic E-state index is 12.3. The molecular formula is C20H27NO6. The lowest BCUT2D eigenvalue weighted by Gasteiger charge is -2.08. The van der Waals surface area contributed by atoms with Crippen molar-refractivity contribution in [2.24, 2.45) is 0 Å². The molecule has 1 aromatic carbocycles. The molecule has 0 N–H and O–H groups in total. The lowest BCUT2D eigenvalue weighted by Crippen LogP contribution is -2.13. The molecule has 0 unspecified atom stereocenters. The first-order valence-corrected chi connectivity index (χ1v) is 9.30. The number of carbonyl (C=O) groups excluding carboxylic acids is 3. The summed E-state index contributed by atoms with van der Waals surface area (Å²) in [4.78, 5) is 45.4. The number of Topliss-reactive ketones (excluding diaryl/α,β-unsaturated/α-hetero) is 3. The topological polar surface area (TPSA) is 104 Å². The summed E-state index contributed by atoms with van der Waals surface area (Å²) in [7, 11) is 0. The number of nitro groups is 1. The number of hydrogen-bond acceptors (Lipinski definition) is 6. The highest BCUT2D eigenvalue weighted by Crippen LogP contribution is 2.26. The summed E-state index contributed by atoms with van der Waals surface area (Å²) in [6.07, 6.45) is 5.75. The van der Waals surface area contributed by atoms with E-state index in [1.807, 2.05) is 0 Å². The van der Waals surface area contributed by atoms with Crippen molar-refractivity contribution in [3.8, 4) is 5.75 Å². The summed E-state index contributed by atoms with van der Waals surface area (Å²) in [5.74, 6) is -1.23. The largest absolute Gasteiger partial charge is 0.494 e. The van der Waals surface area contributed by atoms with Crippen LogP contribution in [0.2, 0.25) is 0 Å². The third kappa shape index (κ3) is 8.57. The lowest BCUT2D eigenvalue weighted by atomic mass is 10.0. The van der Waals surface area contributed by atoms with Gasteiger partial charge in [0.2, 0.25) is 0 Å². The van der Waals surface area contributed by atoms with Crippen LogP contribution in [0.3, 0.4) is 0 Å². The predicted molar refractivity (Wildman–Crippen MR) is 101 cm³/mol. The summed E-state index contributed by atoms with van der Waals surface area (Å²) in [6, 6.07) is 3.96. The van der Waals surface area contributed by atoms with Gasteiger partial charge in [-0.25, -0.2) is 0 Å². The minimum Gasteiger partial charge on any atom is -0.494 e. The number of benzene rings is 1. The fourth-order valence-corrected chi connectivity index (χ4v) is 2.67. The molecule has 0 aromatic heterocycles. The van der Waals surface area contributed by atoms with E-state index in [-0.39, 0.29) is 23.5 Å². The molecule has 1 rings (SSSR count). The van der Waals surface area contributed by atoms with Gasteiger partial charge >= 0.3 is 0 Å². The van der Waals surface area contributed by atoms with Crippen LogP contribution >= 0.6 is 0 Å². The monoisotopic (exact) mass is 377 g/mol. The van der Waals surface area contributed by atoms with Crippen LogP contribution in [0.25, 0.3) is 0 Å². The SMILES string of the molecule is CCCCCCCCOc1ccc([N+](=O)[O-])c(C(=O)CC(=O)CC(C)=O)c1. The molecule has 0 aliphatic heterocycles. The fourth-order valence-electron chi connectivity index (χ4n) is 2.67. The zero-order valence-corrected chi connectivity index (χ0v) is 16.0. The van der Waals surface area contributed by atoms with Gasteiger partial charge in [-0.3, -0.25) is 24.5 Å². The second-order valence-corrected chi connectivity index (χ2v) is 6.57. The van der Waals surface area contributed by atoms with Gasteiger partial charge in [0, 0.05) is 6.07 Å². The Morgan fingerprint density at radius 2 is 1.70 bits per heavy atom. The molecule has 0 aliphatic rings. The van der Waals surface area contributed by atoms with Gasteiger partial charge in [-0.15, -0.1) is 0 Å². The Morgan fingerprint density at radius 1 is 1.04 bits per heavy atom. The van der Waals surface area contributed by atoms with Crippen molar-refractivity contribution in [1.82, 2.24) is 0 Å². The zero-order valence-electron chi connectivity index (χ0n) is 16.0. The van der Waals surface area contributed by atoms with Gasteiger partial charge in [0.15, 0.2) is 5.78 Å². The highest BCUT2D eigenvalue weighted by molar-refractivity contribution is 6.13. The molecular weight excluding hydrogens is 350 g/mol. The Morgan fingerprint density at radius 3 is 2.33 bits per heavy atom. The van der Waals surface area contributed by atoms with Crippen LogP contribution in [-0.2, 0) is 9.59 Å². The summed E-state index contributed by atoms with van der Waals surface area (Å²) >= 11 is 0. The average Bonchev–Trinajstić information content (AvgIpc) is 2.59. The number of unbranched alkanes of at least 4 members (excludes halogenated alkanes) is 5. The van der Waals surface area contributed by atoms with Gasteiger partial charge < -0.3 is 4.74 Å². The molecule has 0 bridgehead atoms. The highest BCUT2D eigenvalue weighted by atomic mass is 16.6. The summed E-state index contributed by atoms with van der Waals surface area (Å²) < 4.78 is 5.59. The number of ether oxygens (including phenoxy) is 1. The van der Waals surface area contributed by atoms with Crippen LogP contribution in [0, 0.1) is 10.1 Å². The Bertz CT molecular complexity index is 683. The van der Waals surface area contributed by atoms with Gasteiger partial charge in [0.25, 0.3) is 5.69 Å². The van der Waals surface area contributed by atoms with Crippen LogP contribution in [-0.4, -0.2) is 28.9 Å². The molecule has 0 atom stereocenters. The third-order valence-electron chi connectivity index (χ3n) is 4.04. The molecule has 0 aliphatic carbocycles. The van der Waals surface area contributed by atoms with Crippen LogP contribution < -0.4 is 4.74 Å². The number of hydrogen-bond donors (Lipinski definition) is 0. The Labute approximate surface area is 159 Å². The molecule has 0 saturated carbocycles. The summed E-state index contributed by atoms with van der Waals surface area (Å²) in [5.41, 5.74) is -0.542. The van der Waals surface area contributed by atoms with Gasteiger partial charge in [-0.05, 0) is 25.5 Å². The summed E-state index contributed by atoms with van der Waals surface area (Å²) in [6.45, 7) is 3.87. The molecule has 0 fully saturated rings. The van der Waals surface area contributed by atoms with E-state index in [0.717, 1.165) is 19.3 Å². The Balaban J connectivity index is 2.70. The molecule has 0 saturated heterocycles. The smallest absolute Gasteiger partial charge is 0.280 e. The maximum atomic E-state index is 12.3. The van der Waals surface area contributed by atoms with E-state index in [0.29, 0.717) is 12.4 Å². The molecule has 0 radical (unpaired) electrons. The van der Waals surface area contributed by atoms with E-state index in [1.54, 1.807) is 0 Å². The number of carbonyl (C=O) groups is 3. The molecule has 0 heterocycles. The van der Waals surface area contributed by atoms with Crippen LogP contribution in [0.4, 0.5) is 5.69 Å². The number of nitrogens with zero attached hydrogens (tertiary/aromatic N) is 1. The van der Waals surface area contributed by atoms with Crippen molar-refractivity contribution in [2.75, 3.05) is 6.61 Å². The van der Waals surface area contributed by atoms with E-state index < -0.39 is 22.9 Å². The van der Waals surface area contributed by atoms with Gasteiger partial charge in [-0.1, -0.05) is 39.0 Å². The minimum atomic E-state index is -0.682. The number of nitro benzene ring substituents is 1. The van der Waals surface area contributed by atoms with Crippen LogP contribution in [0.5, 0.6) is 5.75 Å². The first-order valence-electron chi connectivity index (χ1n) is 9.30. The summed E-state index contributed by atoms with van der Waals surface area (Å²) in [5, 5.41) is 11.2. The maximum Gasteiger partial charge on any atom is 0.280 e. The average molecular weight is 377 g/mol. The van der Waals surface area contributed by atoms with E-state index in [1.165, 1.54) is 44.4 Å². The van der Waals surface area contributed by atoms with Gasteiger partial charge in [0.1, 0.15) is 17.3 Å². The molecule has 7 heteroatoms. The predicted octanol–water partition coefficient (Wildman–Crippen LogP) is 4.46. The highest BCUT2D eigenvalue weighted by Gasteiger charge is 2.23. The number of rotatable bonds is 14. The quantitative estimate of drug-likeness (QED) is 0.156. The van der Waals surface area contributed by atoms with Crippen molar-refractivity contribution in [3.05, 3.63) is 33.9 Å². The number of ketones is 3. The molecule has 0 amide bonds. The first kappa shape index (κ1) is 22.5. The minimum absolute atomic E-state index is 0.169. The van der Waals surface area contributed by atoms with E-state index >= 15 is 0 Å². The lowest BCUT2D eigenvalue weighted by molar-refractivity contribution is -0.385. The van der Waals surface area contributed by atoms with Crippen molar-refractivity contribution in [1.29, 1.82) is 0 Å². The van der Waals surface area contributed by atoms with Crippen LogP contribution in [0.15, 0.2) is 18.2 Å². The Kier molecular flexibility index (Phi) is 9.93. The van der Waals surface area contributed by atoms with Gasteiger partial charge in [0.05, 0.1) is 29.9 Å². The normalized spacial score (nSPS) is 10.4. The van der Waals surface area contributed by atoms with Gasteiger partial charge in [-0.2, -0.15) is 0 Å². The Hall–Kier alpha value is -2.57. The molecule has 27 heavy (non-hydrogen) atoms. The van der Waals surface area contributed by atoms with E-state index in [4.69, 9.17) is 4.74 Å². The van der Waals surface area contributed by atoms with Crippen molar-refractivity contribution >= 4 is 23.0 Å². The molecule has 0 spiro atoms. The second kappa shape index (κ2) is 11.9. The van der Waals surface area contributed by atoms with Crippen molar-refractivity contribution in [3.63, 3.8) is 0 Å². The first-order chi connectivity index (χ1) is 12.8. The molecule has 7 nitrogen and oxygen atoms in total. The molecule has 1 aromatic rings. The van der Waals surface area contributed by atoms with Crippen molar-refractivity contribution < 1.29 is 24.0 Å². The standard InChI is InChI=1S/C20H27NO6/c1-3-4-5-6-7-8-11-27-17-9-10-19(21(25)26)18(14-17)20(24)13-16(23)12-15(2)22/h9-10,14H,3-8,11-13H2,1-2H3.